The van der Waals surface area contributed by atoms with Gasteiger partial charge in [-0.1, -0.05) is 6.92 Å². The zero-order valence-electron chi connectivity index (χ0n) is 7.01. The zero-order chi connectivity index (χ0) is 8.16. The largest absolute Gasteiger partial charge is 0.385 e. The highest BCUT2D eigenvalue weighted by atomic mass is 16.5. The minimum atomic E-state index is -0.699. The maximum absolute atomic E-state index is 9.67. The first-order valence-corrected chi connectivity index (χ1v) is 4.15. The van der Waals surface area contributed by atoms with Crippen LogP contribution in [0, 0.1) is 0 Å². The lowest BCUT2D eigenvalue weighted by molar-refractivity contribution is -0.0489. The van der Waals surface area contributed by atoms with Gasteiger partial charge in [-0.25, -0.2) is 0 Å². The molecule has 1 saturated heterocycles. The van der Waals surface area contributed by atoms with Crippen LogP contribution in [0.5, 0.6) is 0 Å². The minimum Gasteiger partial charge on any atom is -0.385 e. The topological polar surface area (TPSA) is 38.7 Å². The molecule has 0 spiro atoms. The molecule has 0 saturated carbocycles. The summed E-state index contributed by atoms with van der Waals surface area (Å²) >= 11 is 0. The molecule has 1 unspecified atom stereocenters. The van der Waals surface area contributed by atoms with E-state index >= 15 is 0 Å². The van der Waals surface area contributed by atoms with Gasteiger partial charge in [0.2, 0.25) is 0 Å². The number of hydrogen-bond acceptors (Lipinski definition) is 3. The molecule has 66 valence electrons. The van der Waals surface area contributed by atoms with Crippen LogP contribution in [0.1, 0.15) is 19.8 Å². The molecular weight excluding hydrogens is 144 g/mol. The van der Waals surface area contributed by atoms with E-state index in [1.54, 1.807) is 0 Å². The van der Waals surface area contributed by atoms with Crippen molar-refractivity contribution in [1.82, 2.24) is 0 Å². The van der Waals surface area contributed by atoms with Crippen LogP contribution in [0.25, 0.3) is 0 Å². The Hall–Kier alpha value is -0.120. The highest BCUT2D eigenvalue weighted by Crippen LogP contribution is 2.18. The highest BCUT2D eigenvalue weighted by Gasteiger charge is 2.32. The summed E-state index contributed by atoms with van der Waals surface area (Å²) < 4.78 is 10.3. The normalized spacial score (nSPS) is 31.1. The fraction of sp³-hybridized carbons (Fsp3) is 1.00. The van der Waals surface area contributed by atoms with Crippen LogP contribution in [0.4, 0.5) is 0 Å². The monoisotopic (exact) mass is 160 g/mol. The van der Waals surface area contributed by atoms with Gasteiger partial charge in [-0.2, -0.15) is 0 Å². The third-order valence-corrected chi connectivity index (χ3v) is 1.80. The van der Waals surface area contributed by atoms with E-state index in [0.29, 0.717) is 26.2 Å². The Morgan fingerprint density at radius 3 is 3.00 bits per heavy atom. The third kappa shape index (κ3) is 2.77. The second kappa shape index (κ2) is 4.04. The Kier molecular flexibility index (Phi) is 3.30. The lowest BCUT2D eigenvalue weighted by Crippen LogP contribution is -2.34. The van der Waals surface area contributed by atoms with Gasteiger partial charge >= 0.3 is 0 Å². The van der Waals surface area contributed by atoms with Gasteiger partial charge in [0.05, 0.1) is 13.2 Å². The molecule has 0 bridgehead atoms. The quantitative estimate of drug-likeness (QED) is 0.611. The molecule has 3 heteroatoms. The average Bonchev–Trinajstić information content (AvgIpc) is 2.38. The van der Waals surface area contributed by atoms with Crippen molar-refractivity contribution in [3.8, 4) is 0 Å². The molecule has 1 aliphatic heterocycles. The molecular formula is C8H16O3. The molecule has 0 radical (unpaired) electrons. The first-order valence-electron chi connectivity index (χ1n) is 4.15. The predicted molar refractivity (Wildman–Crippen MR) is 41.5 cm³/mol. The molecule has 0 aromatic heterocycles. The second-order valence-corrected chi connectivity index (χ2v) is 3.08. The molecule has 1 heterocycles. The van der Waals surface area contributed by atoms with Crippen LogP contribution in [-0.4, -0.2) is 37.1 Å². The van der Waals surface area contributed by atoms with Crippen LogP contribution in [-0.2, 0) is 9.47 Å². The summed E-state index contributed by atoms with van der Waals surface area (Å²) in [7, 11) is 0. The summed E-state index contributed by atoms with van der Waals surface area (Å²) in [6.07, 6.45) is 1.70. The molecule has 1 N–H and O–H groups in total. The molecule has 0 aromatic carbocycles. The Balaban J connectivity index is 2.13. The van der Waals surface area contributed by atoms with Crippen molar-refractivity contribution in [3.63, 3.8) is 0 Å². The van der Waals surface area contributed by atoms with Gasteiger partial charge < -0.3 is 14.6 Å². The Morgan fingerprint density at radius 1 is 1.64 bits per heavy atom. The van der Waals surface area contributed by atoms with E-state index < -0.39 is 5.60 Å². The van der Waals surface area contributed by atoms with Crippen molar-refractivity contribution in [2.45, 2.75) is 25.4 Å². The SMILES string of the molecule is CCCOCC1(O)CCOC1. The van der Waals surface area contributed by atoms with Gasteiger partial charge in [-0.3, -0.25) is 0 Å². The summed E-state index contributed by atoms with van der Waals surface area (Å²) in [5.74, 6) is 0. The average molecular weight is 160 g/mol. The van der Waals surface area contributed by atoms with Crippen LogP contribution < -0.4 is 0 Å². The van der Waals surface area contributed by atoms with Crippen molar-refractivity contribution in [1.29, 1.82) is 0 Å². The standard InChI is InChI=1S/C8H16O3/c1-2-4-10-6-8(9)3-5-11-7-8/h9H,2-7H2,1H3. The molecule has 11 heavy (non-hydrogen) atoms. The highest BCUT2D eigenvalue weighted by molar-refractivity contribution is 4.81. The Morgan fingerprint density at radius 2 is 2.45 bits per heavy atom. The second-order valence-electron chi connectivity index (χ2n) is 3.08. The van der Waals surface area contributed by atoms with E-state index in [-0.39, 0.29) is 0 Å². The molecule has 1 rings (SSSR count). The number of hydrogen-bond donors (Lipinski definition) is 1. The maximum atomic E-state index is 9.67. The van der Waals surface area contributed by atoms with Gasteiger partial charge in [0.15, 0.2) is 0 Å². The summed E-state index contributed by atoms with van der Waals surface area (Å²) in [6.45, 7) is 4.28. The van der Waals surface area contributed by atoms with Gasteiger partial charge in [0, 0.05) is 19.6 Å². The van der Waals surface area contributed by atoms with Crippen molar-refractivity contribution in [2.75, 3.05) is 26.4 Å². The van der Waals surface area contributed by atoms with Crippen molar-refractivity contribution >= 4 is 0 Å². The molecule has 1 atom stereocenters. The van der Waals surface area contributed by atoms with Crippen molar-refractivity contribution in [2.24, 2.45) is 0 Å². The smallest absolute Gasteiger partial charge is 0.113 e. The summed E-state index contributed by atoms with van der Waals surface area (Å²) in [6, 6.07) is 0. The Bertz CT molecular complexity index is 108. The van der Waals surface area contributed by atoms with E-state index in [9.17, 15) is 5.11 Å². The summed E-state index contributed by atoms with van der Waals surface area (Å²) in [5.41, 5.74) is -0.699. The number of ether oxygens (including phenoxy) is 2. The number of aliphatic hydroxyl groups is 1. The molecule has 0 aliphatic carbocycles. The Labute approximate surface area is 67.3 Å². The molecule has 1 aliphatic rings. The fourth-order valence-electron chi connectivity index (χ4n) is 1.12. The summed E-state index contributed by atoms with van der Waals surface area (Å²) in [5, 5.41) is 9.67. The van der Waals surface area contributed by atoms with Gasteiger partial charge in [-0.15, -0.1) is 0 Å². The number of rotatable bonds is 4. The van der Waals surface area contributed by atoms with Crippen molar-refractivity contribution < 1.29 is 14.6 Å². The van der Waals surface area contributed by atoms with E-state index in [1.807, 2.05) is 0 Å². The lowest BCUT2D eigenvalue weighted by atomic mass is 10.1. The fourth-order valence-corrected chi connectivity index (χ4v) is 1.12. The van der Waals surface area contributed by atoms with Gasteiger partial charge in [-0.05, 0) is 6.42 Å². The van der Waals surface area contributed by atoms with Crippen LogP contribution in [0.15, 0.2) is 0 Å². The zero-order valence-corrected chi connectivity index (χ0v) is 7.01. The minimum absolute atomic E-state index is 0.418. The third-order valence-electron chi connectivity index (χ3n) is 1.80. The molecule has 1 fully saturated rings. The lowest BCUT2D eigenvalue weighted by Gasteiger charge is -2.19. The van der Waals surface area contributed by atoms with Gasteiger partial charge in [0.1, 0.15) is 5.60 Å². The van der Waals surface area contributed by atoms with Crippen LogP contribution in [0.3, 0.4) is 0 Å². The molecule has 0 aromatic rings. The molecule has 3 nitrogen and oxygen atoms in total. The van der Waals surface area contributed by atoms with E-state index in [2.05, 4.69) is 6.92 Å². The van der Waals surface area contributed by atoms with E-state index in [0.717, 1.165) is 13.0 Å². The summed E-state index contributed by atoms with van der Waals surface area (Å²) in [4.78, 5) is 0. The van der Waals surface area contributed by atoms with Crippen LogP contribution in [0.2, 0.25) is 0 Å². The van der Waals surface area contributed by atoms with Gasteiger partial charge in [0.25, 0.3) is 0 Å². The molecule has 0 amide bonds. The van der Waals surface area contributed by atoms with E-state index in [1.165, 1.54) is 0 Å². The maximum Gasteiger partial charge on any atom is 0.113 e. The predicted octanol–water partition coefficient (Wildman–Crippen LogP) is 0.564. The van der Waals surface area contributed by atoms with E-state index in [4.69, 9.17) is 9.47 Å². The van der Waals surface area contributed by atoms with Crippen LogP contribution >= 0.6 is 0 Å². The van der Waals surface area contributed by atoms with Crippen molar-refractivity contribution in [3.05, 3.63) is 0 Å². The first kappa shape index (κ1) is 8.97. The first-order chi connectivity index (χ1) is 5.27.